The molecule has 0 aliphatic heterocycles. The van der Waals surface area contributed by atoms with Crippen LogP contribution in [0.3, 0.4) is 0 Å². The Morgan fingerprint density at radius 3 is 2.33 bits per heavy atom. The first-order chi connectivity index (χ1) is 12.8. The van der Waals surface area contributed by atoms with Crippen LogP contribution in [0.25, 0.3) is 5.76 Å². The number of esters is 1. The smallest absolute Gasteiger partial charge is 0.302 e. The average molecular weight is 378 g/mol. The van der Waals surface area contributed by atoms with Crippen LogP contribution in [0, 0.1) is 17.5 Å². The van der Waals surface area contributed by atoms with Gasteiger partial charge in [-0.1, -0.05) is 0 Å². The lowest BCUT2D eigenvalue weighted by molar-refractivity contribution is -0.140. The summed E-state index contributed by atoms with van der Waals surface area (Å²) in [5.41, 5.74) is 5.54. The minimum atomic E-state index is -0.953. The fraction of sp³-hybridized carbons (Fsp3) is 0.158. The van der Waals surface area contributed by atoms with Crippen LogP contribution in [0.1, 0.15) is 18.1 Å². The zero-order chi connectivity index (χ0) is 20.0. The molecule has 0 saturated carbocycles. The van der Waals surface area contributed by atoms with E-state index in [2.05, 4.69) is 4.99 Å². The number of hydrogen-bond donors (Lipinski definition) is 2. The quantitative estimate of drug-likeness (QED) is 0.347. The number of aliphatic hydroxyl groups excluding tert-OH is 1. The monoisotopic (exact) mass is 378 g/mol. The van der Waals surface area contributed by atoms with Gasteiger partial charge in [0.25, 0.3) is 0 Å². The first-order valence-corrected chi connectivity index (χ1v) is 7.88. The number of nitrogens with zero attached hydrogens (tertiary/aromatic N) is 1. The molecule has 0 aliphatic carbocycles. The van der Waals surface area contributed by atoms with Crippen LogP contribution in [0.5, 0.6) is 0 Å². The molecule has 0 unspecified atom stereocenters. The van der Waals surface area contributed by atoms with Crippen molar-refractivity contribution in [3.05, 3.63) is 71.1 Å². The van der Waals surface area contributed by atoms with Gasteiger partial charge in [-0.05, 0) is 42.0 Å². The van der Waals surface area contributed by atoms with Crippen LogP contribution in [-0.4, -0.2) is 23.5 Å². The van der Waals surface area contributed by atoms with E-state index < -0.39 is 29.1 Å². The normalized spacial score (nSPS) is 12.1. The highest BCUT2D eigenvalue weighted by Gasteiger charge is 2.12. The third-order valence-corrected chi connectivity index (χ3v) is 3.44. The first-order valence-electron chi connectivity index (χ1n) is 7.88. The minimum Gasteiger partial charge on any atom is -0.507 e. The highest BCUT2D eigenvalue weighted by molar-refractivity contribution is 5.98. The van der Waals surface area contributed by atoms with Crippen molar-refractivity contribution in [2.24, 2.45) is 10.7 Å². The molecular weight excluding hydrogens is 361 g/mol. The maximum absolute atomic E-state index is 14.1. The van der Waals surface area contributed by atoms with Gasteiger partial charge in [0.15, 0.2) is 11.6 Å². The van der Waals surface area contributed by atoms with Crippen LogP contribution in [0.2, 0.25) is 0 Å². The number of aliphatic hydroxyl groups is 1. The second-order valence-corrected chi connectivity index (χ2v) is 5.57. The summed E-state index contributed by atoms with van der Waals surface area (Å²) in [5.74, 6) is -3.56. The van der Waals surface area contributed by atoms with Crippen LogP contribution in [0.15, 0.2) is 47.5 Å². The average Bonchev–Trinajstić information content (AvgIpc) is 2.58. The standard InChI is InChI=1S/C19H17F3N2O3/c1-11(25)27-7-6-12-8-15(21)19(16(22)9-12)24-18(23)10-17(26)13-2-4-14(20)5-3-13/h2-5,8-10,26H,6-7H2,1H3,(H2,23,24). The number of hydrogen-bond acceptors (Lipinski definition) is 4. The van der Waals surface area contributed by atoms with Crippen molar-refractivity contribution < 1.29 is 27.8 Å². The van der Waals surface area contributed by atoms with E-state index in [9.17, 15) is 23.1 Å². The van der Waals surface area contributed by atoms with E-state index in [0.717, 1.165) is 30.3 Å². The molecule has 0 heterocycles. The largest absolute Gasteiger partial charge is 0.507 e. The molecule has 3 N–H and O–H groups in total. The van der Waals surface area contributed by atoms with Crippen LogP contribution in [-0.2, 0) is 16.0 Å². The number of rotatable bonds is 6. The molecule has 0 bridgehead atoms. The number of ether oxygens (including phenoxy) is 1. The Labute approximate surface area is 153 Å². The molecule has 142 valence electrons. The number of carbonyl (C=O) groups excluding carboxylic acids is 1. The summed E-state index contributed by atoms with van der Waals surface area (Å²) < 4.78 is 45.9. The third-order valence-electron chi connectivity index (χ3n) is 3.44. The third kappa shape index (κ3) is 5.88. The molecule has 0 aromatic heterocycles. The van der Waals surface area contributed by atoms with Gasteiger partial charge in [0.1, 0.15) is 23.1 Å². The second-order valence-electron chi connectivity index (χ2n) is 5.57. The van der Waals surface area contributed by atoms with Gasteiger partial charge in [0, 0.05) is 25.0 Å². The van der Waals surface area contributed by atoms with Crippen molar-refractivity contribution >= 4 is 23.3 Å². The lowest BCUT2D eigenvalue weighted by Gasteiger charge is -2.06. The summed E-state index contributed by atoms with van der Waals surface area (Å²) in [6.45, 7) is 1.23. The SMILES string of the molecule is CC(=O)OCCc1cc(F)c(N=C(N)C=C(O)c2ccc(F)cc2)c(F)c1. The molecule has 5 nitrogen and oxygen atoms in total. The molecule has 0 spiro atoms. The molecule has 2 aromatic carbocycles. The summed E-state index contributed by atoms with van der Waals surface area (Å²) in [7, 11) is 0. The van der Waals surface area contributed by atoms with Gasteiger partial charge in [-0.15, -0.1) is 0 Å². The van der Waals surface area contributed by atoms with Gasteiger partial charge in [-0.2, -0.15) is 0 Å². The molecule has 27 heavy (non-hydrogen) atoms. The number of amidine groups is 1. The van der Waals surface area contributed by atoms with Gasteiger partial charge >= 0.3 is 5.97 Å². The summed E-state index contributed by atoms with van der Waals surface area (Å²) >= 11 is 0. The summed E-state index contributed by atoms with van der Waals surface area (Å²) in [6.07, 6.45) is 1.14. The van der Waals surface area contributed by atoms with Crippen molar-refractivity contribution in [3.8, 4) is 0 Å². The summed E-state index contributed by atoms with van der Waals surface area (Å²) in [6, 6.07) is 7.02. The molecule has 2 rings (SSSR count). The highest BCUT2D eigenvalue weighted by atomic mass is 19.1. The molecule has 2 aromatic rings. The van der Waals surface area contributed by atoms with Crippen LogP contribution in [0.4, 0.5) is 18.9 Å². The molecule has 0 amide bonds. The Balaban J connectivity index is 2.20. The minimum absolute atomic E-state index is 0.00670. The van der Waals surface area contributed by atoms with E-state index in [0.29, 0.717) is 0 Å². The maximum atomic E-state index is 14.1. The zero-order valence-electron chi connectivity index (χ0n) is 14.4. The lowest BCUT2D eigenvalue weighted by atomic mass is 10.1. The second kappa shape index (κ2) is 8.88. The lowest BCUT2D eigenvalue weighted by Crippen LogP contribution is -2.09. The highest BCUT2D eigenvalue weighted by Crippen LogP contribution is 2.24. The number of aliphatic imine (C=N–C) groups is 1. The van der Waals surface area contributed by atoms with E-state index in [1.54, 1.807) is 0 Å². The number of nitrogens with two attached hydrogens (primary N) is 1. The molecule has 0 fully saturated rings. The van der Waals surface area contributed by atoms with Crippen molar-refractivity contribution in [3.63, 3.8) is 0 Å². The molecule has 0 saturated heterocycles. The van der Waals surface area contributed by atoms with Gasteiger partial charge in [0.05, 0.1) is 6.61 Å². The van der Waals surface area contributed by atoms with Crippen molar-refractivity contribution in [2.45, 2.75) is 13.3 Å². The first kappa shape index (κ1) is 20.0. The van der Waals surface area contributed by atoms with E-state index >= 15 is 0 Å². The molecule has 0 radical (unpaired) electrons. The number of benzene rings is 2. The van der Waals surface area contributed by atoms with Crippen molar-refractivity contribution in [2.75, 3.05) is 6.61 Å². The van der Waals surface area contributed by atoms with E-state index in [1.165, 1.54) is 19.1 Å². The van der Waals surface area contributed by atoms with E-state index in [1.807, 2.05) is 0 Å². The van der Waals surface area contributed by atoms with E-state index in [-0.39, 0.29) is 35.7 Å². The molecule has 8 heteroatoms. The summed E-state index contributed by atoms with van der Waals surface area (Å²) in [5, 5.41) is 9.93. The Kier molecular flexibility index (Phi) is 6.59. The zero-order valence-corrected chi connectivity index (χ0v) is 14.4. The fourth-order valence-corrected chi connectivity index (χ4v) is 2.19. The molecule has 0 atom stereocenters. The Hall–Kier alpha value is -3.29. The number of halogens is 3. The van der Waals surface area contributed by atoms with Gasteiger partial charge < -0.3 is 15.6 Å². The molecule has 0 aliphatic rings. The maximum Gasteiger partial charge on any atom is 0.302 e. The van der Waals surface area contributed by atoms with Crippen molar-refractivity contribution in [1.29, 1.82) is 0 Å². The Morgan fingerprint density at radius 1 is 1.19 bits per heavy atom. The Bertz CT molecular complexity index is 871. The van der Waals surface area contributed by atoms with Crippen molar-refractivity contribution in [1.82, 2.24) is 0 Å². The molecular formula is C19H17F3N2O3. The van der Waals surface area contributed by atoms with Gasteiger partial charge in [-0.25, -0.2) is 18.2 Å². The van der Waals surface area contributed by atoms with Crippen LogP contribution < -0.4 is 5.73 Å². The van der Waals surface area contributed by atoms with Gasteiger partial charge in [0.2, 0.25) is 0 Å². The predicted octanol–water partition coefficient (Wildman–Crippen LogP) is 3.80. The Morgan fingerprint density at radius 2 is 1.78 bits per heavy atom. The predicted molar refractivity (Wildman–Crippen MR) is 95.0 cm³/mol. The topological polar surface area (TPSA) is 84.9 Å². The summed E-state index contributed by atoms with van der Waals surface area (Å²) in [4.78, 5) is 14.3. The van der Waals surface area contributed by atoms with E-state index in [4.69, 9.17) is 10.5 Å². The van der Waals surface area contributed by atoms with Gasteiger partial charge in [-0.3, -0.25) is 4.79 Å². The number of carbonyl (C=O) groups is 1. The van der Waals surface area contributed by atoms with Crippen LogP contribution >= 0.6 is 0 Å². The fourth-order valence-electron chi connectivity index (χ4n) is 2.19.